The lowest BCUT2D eigenvalue weighted by molar-refractivity contribution is -0.119. The molecule has 1 fully saturated rings. The van der Waals surface area contributed by atoms with Crippen LogP contribution in [-0.4, -0.2) is 19.0 Å². The van der Waals surface area contributed by atoms with Crippen LogP contribution in [0.2, 0.25) is 0 Å². The number of hydrogen-bond donors (Lipinski definition) is 0. The summed E-state index contributed by atoms with van der Waals surface area (Å²) in [5.41, 5.74) is 0.393. The van der Waals surface area contributed by atoms with Gasteiger partial charge in [0.2, 0.25) is 0 Å². The van der Waals surface area contributed by atoms with E-state index in [0.717, 1.165) is 6.07 Å². The van der Waals surface area contributed by atoms with Crippen molar-refractivity contribution in [1.82, 2.24) is 0 Å². The lowest BCUT2D eigenvalue weighted by Crippen LogP contribution is -2.47. The highest BCUT2D eigenvalue weighted by Crippen LogP contribution is 2.37. The number of carbonyl (C=O) groups is 1. The molecule has 1 aliphatic heterocycles. The molecule has 2 nitrogen and oxygen atoms in total. The van der Waals surface area contributed by atoms with Crippen LogP contribution in [-0.2, 0) is 14.9 Å². The standard InChI is InChI=1S/C13H14F2O2/c1-9(16)4-5-13(7-17-8-13)10-2-3-11(14)12(15)6-10/h2-3,6H,4-5,7-8H2,1H3. The molecular formula is C13H14F2O2. The molecule has 4 heteroatoms. The van der Waals surface area contributed by atoms with E-state index in [1.807, 2.05) is 0 Å². The van der Waals surface area contributed by atoms with E-state index in [1.165, 1.54) is 13.0 Å². The third kappa shape index (κ3) is 2.36. The molecule has 0 amide bonds. The molecule has 17 heavy (non-hydrogen) atoms. The van der Waals surface area contributed by atoms with Crippen molar-refractivity contribution in [3.8, 4) is 0 Å². The number of hydrogen-bond acceptors (Lipinski definition) is 2. The summed E-state index contributed by atoms with van der Waals surface area (Å²) in [7, 11) is 0. The fourth-order valence-corrected chi connectivity index (χ4v) is 2.05. The van der Waals surface area contributed by atoms with Crippen molar-refractivity contribution >= 4 is 5.78 Å². The van der Waals surface area contributed by atoms with E-state index < -0.39 is 11.6 Å². The maximum absolute atomic E-state index is 13.2. The SMILES string of the molecule is CC(=O)CCC1(c2ccc(F)c(F)c2)COC1. The second kappa shape index (κ2) is 4.53. The Morgan fingerprint density at radius 3 is 2.53 bits per heavy atom. The van der Waals surface area contributed by atoms with Gasteiger partial charge in [-0.2, -0.15) is 0 Å². The van der Waals surface area contributed by atoms with Gasteiger partial charge in [0.05, 0.1) is 13.2 Å². The maximum atomic E-state index is 13.2. The normalized spacial score (nSPS) is 17.6. The molecule has 0 bridgehead atoms. The summed E-state index contributed by atoms with van der Waals surface area (Å²) >= 11 is 0. The monoisotopic (exact) mass is 240 g/mol. The Bertz CT molecular complexity index is 439. The van der Waals surface area contributed by atoms with E-state index in [2.05, 4.69) is 0 Å². The number of Topliss-reactive ketones (excluding diaryl/α,β-unsaturated/α-hetero) is 1. The second-order valence-corrected chi connectivity index (χ2v) is 4.60. The summed E-state index contributed by atoms with van der Waals surface area (Å²) in [5, 5.41) is 0. The lowest BCUT2D eigenvalue weighted by atomic mass is 9.74. The minimum absolute atomic E-state index is 0.0962. The van der Waals surface area contributed by atoms with Crippen LogP contribution < -0.4 is 0 Å². The zero-order chi connectivity index (χ0) is 12.5. The molecule has 0 N–H and O–H groups in total. The zero-order valence-corrected chi connectivity index (χ0v) is 9.63. The molecule has 1 heterocycles. The second-order valence-electron chi connectivity index (χ2n) is 4.60. The number of carbonyl (C=O) groups excluding carboxylic acids is 1. The van der Waals surface area contributed by atoms with Gasteiger partial charge in [-0.15, -0.1) is 0 Å². The van der Waals surface area contributed by atoms with Gasteiger partial charge in [-0.3, -0.25) is 0 Å². The van der Waals surface area contributed by atoms with Gasteiger partial charge in [0.1, 0.15) is 5.78 Å². The smallest absolute Gasteiger partial charge is 0.159 e. The third-order valence-corrected chi connectivity index (χ3v) is 3.24. The van der Waals surface area contributed by atoms with Crippen LogP contribution in [0.1, 0.15) is 25.3 Å². The van der Waals surface area contributed by atoms with Crippen LogP contribution in [0.5, 0.6) is 0 Å². The fourth-order valence-electron chi connectivity index (χ4n) is 2.05. The van der Waals surface area contributed by atoms with Gasteiger partial charge >= 0.3 is 0 Å². The molecule has 2 rings (SSSR count). The highest BCUT2D eigenvalue weighted by Gasteiger charge is 2.40. The molecule has 0 unspecified atom stereocenters. The van der Waals surface area contributed by atoms with Crippen molar-refractivity contribution in [2.75, 3.05) is 13.2 Å². The molecule has 1 aromatic carbocycles. The van der Waals surface area contributed by atoms with Gasteiger partial charge in [0.15, 0.2) is 11.6 Å². The molecule has 0 atom stereocenters. The van der Waals surface area contributed by atoms with Crippen molar-refractivity contribution in [3.63, 3.8) is 0 Å². The maximum Gasteiger partial charge on any atom is 0.159 e. The molecule has 1 aromatic rings. The van der Waals surface area contributed by atoms with E-state index >= 15 is 0 Å². The fraction of sp³-hybridized carbons (Fsp3) is 0.462. The molecule has 0 radical (unpaired) electrons. The molecule has 0 spiro atoms. The molecule has 92 valence electrons. The first-order valence-electron chi connectivity index (χ1n) is 5.56. The molecular weight excluding hydrogens is 226 g/mol. The van der Waals surface area contributed by atoms with Gasteiger partial charge in [0.25, 0.3) is 0 Å². The first-order chi connectivity index (χ1) is 8.03. The zero-order valence-electron chi connectivity index (χ0n) is 9.63. The van der Waals surface area contributed by atoms with Crippen LogP contribution in [0.15, 0.2) is 18.2 Å². The summed E-state index contributed by atoms with van der Waals surface area (Å²) in [4.78, 5) is 11.0. The van der Waals surface area contributed by atoms with Gasteiger partial charge in [-0.1, -0.05) is 6.07 Å². The van der Waals surface area contributed by atoms with Crippen LogP contribution in [0.4, 0.5) is 8.78 Å². The minimum atomic E-state index is -0.851. The van der Waals surface area contributed by atoms with Crippen LogP contribution in [0.3, 0.4) is 0 Å². The van der Waals surface area contributed by atoms with Crippen molar-refractivity contribution in [2.24, 2.45) is 0 Å². The van der Waals surface area contributed by atoms with Crippen molar-refractivity contribution in [1.29, 1.82) is 0 Å². The summed E-state index contributed by atoms with van der Waals surface area (Å²) in [5.74, 6) is -1.61. The quantitative estimate of drug-likeness (QED) is 0.808. The highest BCUT2D eigenvalue weighted by molar-refractivity contribution is 5.75. The van der Waals surface area contributed by atoms with Crippen molar-refractivity contribution < 1.29 is 18.3 Å². The topological polar surface area (TPSA) is 26.3 Å². The van der Waals surface area contributed by atoms with E-state index in [9.17, 15) is 13.6 Å². The average molecular weight is 240 g/mol. The summed E-state index contributed by atoms with van der Waals surface area (Å²) in [6.07, 6.45) is 1.05. The first-order valence-corrected chi connectivity index (χ1v) is 5.56. The van der Waals surface area contributed by atoms with Crippen molar-refractivity contribution in [3.05, 3.63) is 35.4 Å². The Balaban J connectivity index is 2.22. The Kier molecular flexibility index (Phi) is 3.24. The van der Waals surface area contributed by atoms with E-state index in [4.69, 9.17) is 4.74 Å². The predicted octanol–water partition coefficient (Wildman–Crippen LogP) is 2.60. The van der Waals surface area contributed by atoms with Crippen LogP contribution in [0.25, 0.3) is 0 Å². The van der Waals surface area contributed by atoms with Gasteiger partial charge in [-0.25, -0.2) is 8.78 Å². The summed E-state index contributed by atoms with van der Waals surface area (Å²) in [6.45, 7) is 2.45. The predicted molar refractivity (Wildman–Crippen MR) is 58.8 cm³/mol. The highest BCUT2D eigenvalue weighted by atomic mass is 19.2. The van der Waals surface area contributed by atoms with Crippen LogP contribution >= 0.6 is 0 Å². The molecule has 1 aliphatic rings. The summed E-state index contributed by atoms with van der Waals surface area (Å²) in [6, 6.07) is 3.90. The third-order valence-electron chi connectivity index (χ3n) is 3.24. The van der Waals surface area contributed by atoms with Gasteiger partial charge in [0, 0.05) is 11.8 Å². The van der Waals surface area contributed by atoms with Crippen molar-refractivity contribution in [2.45, 2.75) is 25.2 Å². The number of rotatable bonds is 4. The number of halogens is 2. The Morgan fingerprint density at radius 1 is 1.35 bits per heavy atom. The van der Waals surface area contributed by atoms with E-state index in [0.29, 0.717) is 31.6 Å². The van der Waals surface area contributed by atoms with E-state index in [1.54, 1.807) is 6.07 Å². The van der Waals surface area contributed by atoms with Gasteiger partial charge < -0.3 is 9.53 Å². The average Bonchev–Trinajstić information content (AvgIpc) is 2.21. The largest absolute Gasteiger partial charge is 0.379 e. The molecule has 1 saturated heterocycles. The first kappa shape index (κ1) is 12.2. The Morgan fingerprint density at radius 2 is 2.06 bits per heavy atom. The molecule has 0 aliphatic carbocycles. The Hall–Kier alpha value is -1.29. The van der Waals surface area contributed by atoms with Gasteiger partial charge in [-0.05, 0) is 31.0 Å². The number of ether oxygens (including phenoxy) is 1. The number of ketones is 1. The Labute approximate surface area is 98.6 Å². The summed E-state index contributed by atoms with van der Waals surface area (Å²) < 4.78 is 31.2. The van der Waals surface area contributed by atoms with Crippen LogP contribution in [0, 0.1) is 11.6 Å². The lowest BCUT2D eigenvalue weighted by Gasteiger charge is -2.42. The molecule has 0 aromatic heterocycles. The minimum Gasteiger partial charge on any atom is -0.379 e. The van der Waals surface area contributed by atoms with E-state index in [-0.39, 0.29) is 11.2 Å². The molecule has 0 saturated carbocycles. The number of benzene rings is 1.